The summed E-state index contributed by atoms with van der Waals surface area (Å²) in [4.78, 5) is 9.98. The van der Waals surface area contributed by atoms with Crippen LogP contribution < -0.4 is 0 Å². The summed E-state index contributed by atoms with van der Waals surface area (Å²) in [5.74, 6) is 0.556. The summed E-state index contributed by atoms with van der Waals surface area (Å²) in [7, 11) is 0. The molecule has 2 atom stereocenters. The molecule has 1 N–H and O–H groups in total. The van der Waals surface area contributed by atoms with Crippen molar-refractivity contribution in [2.75, 3.05) is 0 Å². The van der Waals surface area contributed by atoms with E-state index in [1.807, 2.05) is 0 Å². The fourth-order valence-corrected chi connectivity index (χ4v) is 1.39. The average molecular weight is 184 g/mol. The Kier molecular flexibility index (Phi) is 7.60. The summed E-state index contributed by atoms with van der Waals surface area (Å²) < 4.78 is 0. The molecule has 0 aliphatic carbocycles. The maximum atomic E-state index is 9.98. The Hall–Kier alpha value is -0.630. The highest BCUT2D eigenvalue weighted by Crippen LogP contribution is 2.12. The molecule has 0 saturated heterocycles. The molecular formula is C11H20O2. The van der Waals surface area contributed by atoms with Crippen LogP contribution in [0.5, 0.6) is 0 Å². The van der Waals surface area contributed by atoms with Gasteiger partial charge in [-0.15, -0.1) is 0 Å². The van der Waals surface area contributed by atoms with Gasteiger partial charge in [0.2, 0.25) is 0 Å². The van der Waals surface area contributed by atoms with Gasteiger partial charge in [-0.2, -0.15) is 0 Å². The van der Waals surface area contributed by atoms with Gasteiger partial charge in [-0.05, 0) is 12.3 Å². The van der Waals surface area contributed by atoms with E-state index in [1.54, 1.807) is 12.2 Å². The van der Waals surface area contributed by atoms with Crippen molar-refractivity contribution in [2.24, 2.45) is 5.92 Å². The first kappa shape index (κ1) is 12.4. The van der Waals surface area contributed by atoms with Crippen molar-refractivity contribution < 1.29 is 9.90 Å². The van der Waals surface area contributed by atoms with Crippen molar-refractivity contribution in [1.29, 1.82) is 0 Å². The van der Waals surface area contributed by atoms with E-state index in [2.05, 4.69) is 13.8 Å². The number of allylic oxidation sites excluding steroid dienone is 1. The van der Waals surface area contributed by atoms with Gasteiger partial charge in [-0.25, -0.2) is 0 Å². The van der Waals surface area contributed by atoms with Crippen molar-refractivity contribution in [3.8, 4) is 0 Å². The molecular weight excluding hydrogens is 164 g/mol. The summed E-state index contributed by atoms with van der Waals surface area (Å²) in [6, 6.07) is 0. The molecule has 2 unspecified atom stereocenters. The molecule has 0 heterocycles. The van der Waals surface area contributed by atoms with E-state index in [-0.39, 0.29) is 6.10 Å². The maximum absolute atomic E-state index is 9.98. The lowest BCUT2D eigenvalue weighted by atomic mass is 9.98. The highest BCUT2D eigenvalue weighted by molar-refractivity contribution is 5.51. The number of carbonyl (C=O) groups excluding carboxylic acids is 1. The first-order valence-corrected chi connectivity index (χ1v) is 4.99. The molecule has 2 heteroatoms. The monoisotopic (exact) mass is 184 g/mol. The van der Waals surface area contributed by atoms with Crippen molar-refractivity contribution in [2.45, 2.75) is 45.6 Å². The van der Waals surface area contributed by atoms with E-state index >= 15 is 0 Å². The molecule has 0 bridgehead atoms. The van der Waals surface area contributed by atoms with Gasteiger partial charge in [-0.3, -0.25) is 0 Å². The van der Waals surface area contributed by atoms with E-state index in [9.17, 15) is 9.90 Å². The van der Waals surface area contributed by atoms with Crippen molar-refractivity contribution in [1.82, 2.24) is 0 Å². The molecule has 0 aromatic rings. The quantitative estimate of drug-likeness (QED) is 0.487. The van der Waals surface area contributed by atoms with Crippen LogP contribution >= 0.6 is 0 Å². The Labute approximate surface area is 80.7 Å². The van der Waals surface area contributed by atoms with Gasteiger partial charge in [0.15, 0.2) is 0 Å². The van der Waals surface area contributed by atoms with Crippen LogP contribution in [0.3, 0.4) is 0 Å². The van der Waals surface area contributed by atoms with Crippen molar-refractivity contribution >= 4 is 6.29 Å². The number of aliphatic hydroxyl groups is 1. The number of aliphatic hydroxyl groups excluding tert-OH is 1. The van der Waals surface area contributed by atoms with E-state index in [0.29, 0.717) is 12.3 Å². The van der Waals surface area contributed by atoms with Crippen LogP contribution in [0, 0.1) is 5.92 Å². The SMILES string of the molecule is CCCC(C)CC(O)C=CCC=O. The lowest BCUT2D eigenvalue weighted by Gasteiger charge is -2.12. The third-order valence-electron chi connectivity index (χ3n) is 2.02. The third-order valence-corrected chi connectivity index (χ3v) is 2.02. The molecule has 2 nitrogen and oxygen atoms in total. The minimum Gasteiger partial charge on any atom is -0.389 e. The summed E-state index contributed by atoms with van der Waals surface area (Å²) in [5.41, 5.74) is 0. The Morgan fingerprint density at radius 1 is 1.46 bits per heavy atom. The highest BCUT2D eigenvalue weighted by Gasteiger charge is 2.05. The summed E-state index contributed by atoms with van der Waals surface area (Å²) in [6.07, 6.45) is 7.38. The molecule has 0 aliphatic rings. The van der Waals surface area contributed by atoms with Gasteiger partial charge in [0.1, 0.15) is 6.29 Å². The average Bonchev–Trinajstić information content (AvgIpc) is 2.05. The topological polar surface area (TPSA) is 37.3 Å². The molecule has 0 aliphatic heterocycles. The predicted molar refractivity (Wildman–Crippen MR) is 54.5 cm³/mol. The van der Waals surface area contributed by atoms with Gasteiger partial charge >= 0.3 is 0 Å². The predicted octanol–water partition coefficient (Wildman–Crippen LogP) is 2.32. The summed E-state index contributed by atoms with van der Waals surface area (Å²) in [6.45, 7) is 4.28. The van der Waals surface area contributed by atoms with Crippen LogP contribution in [-0.4, -0.2) is 17.5 Å². The second-order valence-corrected chi connectivity index (χ2v) is 3.53. The first-order valence-electron chi connectivity index (χ1n) is 4.99. The molecule has 0 aromatic heterocycles. The Bertz CT molecular complexity index is 152. The van der Waals surface area contributed by atoms with E-state index in [0.717, 1.165) is 25.5 Å². The van der Waals surface area contributed by atoms with Crippen LogP contribution in [0.1, 0.15) is 39.5 Å². The maximum Gasteiger partial charge on any atom is 0.123 e. The molecule has 0 spiro atoms. The second-order valence-electron chi connectivity index (χ2n) is 3.53. The molecule has 0 saturated carbocycles. The largest absolute Gasteiger partial charge is 0.389 e. The van der Waals surface area contributed by atoms with E-state index in [1.165, 1.54) is 0 Å². The van der Waals surface area contributed by atoms with Crippen LogP contribution in [0.25, 0.3) is 0 Å². The molecule has 0 radical (unpaired) electrons. The number of carbonyl (C=O) groups is 1. The highest BCUT2D eigenvalue weighted by atomic mass is 16.3. The normalized spacial score (nSPS) is 15.9. The Morgan fingerprint density at radius 2 is 2.15 bits per heavy atom. The fraction of sp³-hybridized carbons (Fsp3) is 0.727. The Morgan fingerprint density at radius 3 is 2.69 bits per heavy atom. The number of rotatable bonds is 7. The molecule has 76 valence electrons. The second kappa shape index (κ2) is 7.99. The zero-order valence-electron chi connectivity index (χ0n) is 8.57. The lowest BCUT2D eigenvalue weighted by Crippen LogP contribution is -2.08. The molecule has 0 aromatic carbocycles. The minimum absolute atomic E-state index is 0.388. The van der Waals surface area contributed by atoms with Gasteiger partial charge in [-0.1, -0.05) is 38.8 Å². The molecule has 13 heavy (non-hydrogen) atoms. The number of hydrogen-bond donors (Lipinski definition) is 1. The molecule has 0 fully saturated rings. The Balaban J connectivity index is 3.59. The van der Waals surface area contributed by atoms with E-state index in [4.69, 9.17) is 0 Å². The van der Waals surface area contributed by atoms with Crippen molar-refractivity contribution in [3.63, 3.8) is 0 Å². The van der Waals surface area contributed by atoms with Crippen LogP contribution in [-0.2, 0) is 4.79 Å². The first-order chi connectivity index (χ1) is 6.20. The summed E-state index contributed by atoms with van der Waals surface area (Å²) in [5, 5.41) is 9.47. The fourth-order valence-electron chi connectivity index (χ4n) is 1.39. The van der Waals surface area contributed by atoms with Crippen molar-refractivity contribution in [3.05, 3.63) is 12.2 Å². The number of aldehydes is 1. The summed E-state index contributed by atoms with van der Waals surface area (Å²) >= 11 is 0. The lowest BCUT2D eigenvalue weighted by molar-refractivity contribution is -0.107. The van der Waals surface area contributed by atoms with E-state index < -0.39 is 0 Å². The zero-order valence-corrected chi connectivity index (χ0v) is 8.57. The molecule has 0 amide bonds. The van der Waals surface area contributed by atoms with Gasteiger partial charge in [0.25, 0.3) is 0 Å². The van der Waals surface area contributed by atoms with Gasteiger partial charge < -0.3 is 9.90 Å². The minimum atomic E-state index is -0.388. The third kappa shape index (κ3) is 7.72. The van der Waals surface area contributed by atoms with Crippen LogP contribution in [0.4, 0.5) is 0 Å². The standard InChI is InChI=1S/C11H20O2/c1-3-6-10(2)9-11(13)7-4-5-8-12/h4,7-8,10-11,13H,3,5-6,9H2,1-2H3. The van der Waals surface area contributed by atoms with Gasteiger partial charge in [0.05, 0.1) is 6.10 Å². The van der Waals surface area contributed by atoms with Crippen LogP contribution in [0.15, 0.2) is 12.2 Å². The van der Waals surface area contributed by atoms with Crippen LogP contribution in [0.2, 0.25) is 0 Å². The van der Waals surface area contributed by atoms with Gasteiger partial charge in [0, 0.05) is 6.42 Å². The smallest absolute Gasteiger partial charge is 0.123 e. The zero-order chi connectivity index (χ0) is 10.1. The number of hydrogen-bond acceptors (Lipinski definition) is 2. The molecule has 0 rings (SSSR count).